The van der Waals surface area contributed by atoms with E-state index in [4.69, 9.17) is 0 Å². The zero-order valence-electron chi connectivity index (χ0n) is 38.8. The lowest BCUT2D eigenvalue weighted by Crippen LogP contribution is -2.33. The molecular weight excluding hydrogens is 941 g/mol. The summed E-state index contributed by atoms with van der Waals surface area (Å²) >= 11 is 0. The van der Waals surface area contributed by atoms with Gasteiger partial charge in [0, 0.05) is 78.1 Å². The number of benzene rings is 8. The van der Waals surface area contributed by atoms with E-state index in [2.05, 4.69) is 0 Å². The molecule has 0 aliphatic carbocycles. The van der Waals surface area contributed by atoms with E-state index in [0.717, 1.165) is 48.5 Å². The summed E-state index contributed by atoms with van der Waals surface area (Å²) in [4.78, 5) is 0. The van der Waals surface area contributed by atoms with Gasteiger partial charge >= 0.3 is 0 Å². The molecule has 376 valence electrons. The fraction of sp³-hybridized carbons (Fsp3) is 0.158. The van der Waals surface area contributed by atoms with Crippen LogP contribution in [0.4, 0.5) is 0 Å². The summed E-state index contributed by atoms with van der Waals surface area (Å²) in [5.41, 5.74) is 0.291. The zero-order valence-corrected chi connectivity index (χ0v) is 38.8. The Kier molecular flexibility index (Phi) is 13.8. The Morgan fingerprint density at radius 2 is 0.479 bits per heavy atom. The summed E-state index contributed by atoms with van der Waals surface area (Å²) in [5.74, 6) is -16.7. The average molecular weight is 993 g/mol. The van der Waals surface area contributed by atoms with Crippen LogP contribution in [0.15, 0.2) is 146 Å². The highest BCUT2D eigenvalue weighted by Gasteiger charge is 2.50. The standard InChI is InChI=1S/C57H52O16/c1-27(37-11-4-30(59)20-46(37)67)53(39-13-6-32(61)22-48(39)69)55(41-15-8-34(63)24-50(41)71)57(43-17-10-36(65)26-52(43)73)56(42-16-9-35(64)25-51(42)72)54(40-14-7-33(62)23-49(40)70)44(38-12-5-31(60)21-47(38)68)18-28-2-3-29(58)19-45(28)66/h2-17,19-27,44,53-73H,18H2,1H3. The van der Waals surface area contributed by atoms with Gasteiger partial charge in [0.25, 0.3) is 0 Å². The maximum atomic E-state index is 12.4. The first-order valence-corrected chi connectivity index (χ1v) is 22.8. The van der Waals surface area contributed by atoms with Crippen molar-refractivity contribution in [1.82, 2.24) is 0 Å². The van der Waals surface area contributed by atoms with Crippen LogP contribution in [0.3, 0.4) is 0 Å². The topological polar surface area (TPSA) is 324 Å². The largest absolute Gasteiger partial charge is 0.508 e. The molecule has 0 saturated carbocycles. The van der Waals surface area contributed by atoms with E-state index in [1.807, 2.05) is 0 Å². The van der Waals surface area contributed by atoms with Crippen LogP contribution < -0.4 is 0 Å². The lowest BCUT2D eigenvalue weighted by molar-refractivity contribution is 0.287. The van der Waals surface area contributed by atoms with Gasteiger partial charge in [0.05, 0.1) is 0 Å². The number of aromatic hydroxyl groups is 16. The van der Waals surface area contributed by atoms with Gasteiger partial charge in [-0.15, -0.1) is 0 Å². The van der Waals surface area contributed by atoms with E-state index in [-0.39, 0.29) is 73.9 Å². The summed E-state index contributed by atoms with van der Waals surface area (Å²) in [6, 6.07) is 29.6. The van der Waals surface area contributed by atoms with Crippen molar-refractivity contribution in [3.63, 3.8) is 0 Å². The molecule has 0 bridgehead atoms. The molecule has 16 heteroatoms. The van der Waals surface area contributed by atoms with Crippen LogP contribution in [-0.2, 0) is 6.42 Å². The van der Waals surface area contributed by atoms with E-state index < -0.39 is 110 Å². The van der Waals surface area contributed by atoms with Gasteiger partial charge in [-0.05, 0) is 111 Å². The fourth-order valence-electron chi connectivity index (χ4n) is 10.7. The second-order valence-electron chi connectivity index (χ2n) is 18.2. The highest BCUT2D eigenvalue weighted by atomic mass is 16.3. The number of rotatable bonds is 15. The lowest BCUT2D eigenvalue weighted by Gasteiger charge is -2.46. The first-order valence-electron chi connectivity index (χ1n) is 22.8. The summed E-state index contributed by atoms with van der Waals surface area (Å²) < 4.78 is 0. The van der Waals surface area contributed by atoms with Gasteiger partial charge in [0.15, 0.2) is 0 Å². The summed E-state index contributed by atoms with van der Waals surface area (Å²) in [5, 5.41) is 182. The summed E-state index contributed by atoms with van der Waals surface area (Å²) in [6.45, 7) is 1.66. The molecule has 0 spiro atoms. The molecule has 7 unspecified atom stereocenters. The Morgan fingerprint density at radius 1 is 0.247 bits per heavy atom. The van der Waals surface area contributed by atoms with Crippen LogP contribution in [0, 0.1) is 0 Å². The Morgan fingerprint density at radius 3 is 0.795 bits per heavy atom. The monoisotopic (exact) mass is 992 g/mol. The van der Waals surface area contributed by atoms with Crippen LogP contribution in [-0.4, -0.2) is 81.7 Å². The predicted molar refractivity (Wildman–Crippen MR) is 267 cm³/mol. The van der Waals surface area contributed by atoms with Crippen LogP contribution in [0.25, 0.3) is 0 Å². The van der Waals surface area contributed by atoms with Crippen LogP contribution in [0.1, 0.15) is 92.9 Å². The van der Waals surface area contributed by atoms with Crippen molar-refractivity contribution < 1.29 is 81.7 Å². The molecule has 16 N–H and O–H groups in total. The molecule has 8 aromatic rings. The third-order valence-electron chi connectivity index (χ3n) is 13.8. The summed E-state index contributed by atoms with van der Waals surface area (Å²) in [7, 11) is 0. The Bertz CT molecular complexity index is 3340. The van der Waals surface area contributed by atoms with Crippen molar-refractivity contribution in [3.05, 3.63) is 190 Å². The smallest absolute Gasteiger partial charge is 0.122 e. The molecule has 8 rings (SSSR count). The molecular formula is C57H52O16. The molecule has 0 fully saturated rings. The third kappa shape index (κ3) is 10.1. The molecule has 0 aliphatic rings. The molecule has 8 aromatic carbocycles. The van der Waals surface area contributed by atoms with Crippen molar-refractivity contribution in [2.24, 2.45) is 0 Å². The fourth-order valence-corrected chi connectivity index (χ4v) is 10.7. The van der Waals surface area contributed by atoms with Gasteiger partial charge in [0.2, 0.25) is 0 Å². The highest BCUT2D eigenvalue weighted by Crippen LogP contribution is 2.65. The number of phenolic OH excluding ortho intramolecular Hbond substituents is 16. The van der Waals surface area contributed by atoms with Gasteiger partial charge in [0.1, 0.15) is 92.0 Å². The Balaban J connectivity index is 1.61. The Labute approximate surface area is 417 Å². The molecule has 0 amide bonds. The van der Waals surface area contributed by atoms with Crippen LogP contribution in [0.2, 0.25) is 0 Å². The quantitative estimate of drug-likeness (QED) is 0.0454. The molecule has 73 heavy (non-hydrogen) atoms. The Hall–Kier alpha value is -9.44. The molecule has 0 aliphatic heterocycles. The number of hydrogen-bond acceptors (Lipinski definition) is 16. The first-order chi connectivity index (χ1) is 34.7. The predicted octanol–water partition coefficient (Wildman–Crippen LogP) is 10.0. The van der Waals surface area contributed by atoms with Crippen molar-refractivity contribution in [2.75, 3.05) is 0 Å². The molecule has 0 heterocycles. The zero-order chi connectivity index (χ0) is 52.6. The molecule has 0 saturated heterocycles. The minimum atomic E-state index is -1.54. The minimum Gasteiger partial charge on any atom is -0.508 e. The maximum Gasteiger partial charge on any atom is 0.122 e. The van der Waals surface area contributed by atoms with E-state index >= 15 is 0 Å². The van der Waals surface area contributed by atoms with Crippen LogP contribution in [0.5, 0.6) is 92.0 Å². The van der Waals surface area contributed by atoms with E-state index in [1.165, 1.54) is 97.1 Å². The van der Waals surface area contributed by atoms with Gasteiger partial charge < -0.3 is 81.7 Å². The first kappa shape index (κ1) is 50.0. The minimum absolute atomic E-state index is 0.0174. The van der Waals surface area contributed by atoms with Crippen molar-refractivity contribution in [1.29, 1.82) is 0 Å². The van der Waals surface area contributed by atoms with Crippen molar-refractivity contribution >= 4 is 0 Å². The van der Waals surface area contributed by atoms with E-state index in [1.54, 1.807) is 6.92 Å². The lowest BCUT2D eigenvalue weighted by atomic mass is 9.56. The molecule has 16 nitrogen and oxygen atoms in total. The van der Waals surface area contributed by atoms with Gasteiger partial charge in [-0.2, -0.15) is 0 Å². The molecule has 7 atom stereocenters. The number of hydrogen-bond donors (Lipinski definition) is 16. The highest BCUT2D eigenvalue weighted by molar-refractivity contribution is 5.59. The molecule has 0 aromatic heterocycles. The van der Waals surface area contributed by atoms with Crippen LogP contribution >= 0.6 is 0 Å². The van der Waals surface area contributed by atoms with E-state index in [9.17, 15) is 81.7 Å². The number of phenols is 16. The van der Waals surface area contributed by atoms with Crippen molar-refractivity contribution in [3.8, 4) is 92.0 Å². The van der Waals surface area contributed by atoms with Gasteiger partial charge in [-0.3, -0.25) is 0 Å². The molecule has 0 radical (unpaired) electrons. The summed E-state index contributed by atoms with van der Waals surface area (Å²) in [6.07, 6.45) is -0.297. The second-order valence-corrected chi connectivity index (χ2v) is 18.2. The third-order valence-corrected chi connectivity index (χ3v) is 13.8. The SMILES string of the molecule is CC(c1ccc(O)cc1O)C(c1ccc(O)cc1O)C(c1ccc(O)cc1O)C(c1ccc(O)cc1O)C(c1ccc(O)cc1O)C(c1ccc(O)cc1O)C(Cc1ccc(O)cc1O)c1ccc(O)cc1O. The maximum absolute atomic E-state index is 12.4. The van der Waals surface area contributed by atoms with Gasteiger partial charge in [-0.25, -0.2) is 0 Å². The van der Waals surface area contributed by atoms with Crippen molar-refractivity contribution in [2.45, 2.75) is 54.8 Å². The average Bonchev–Trinajstić information content (AvgIpc) is 3.30. The second kappa shape index (κ2) is 20.1. The van der Waals surface area contributed by atoms with E-state index in [0.29, 0.717) is 0 Å². The van der Waals surface area contributed by atoms with Gasteiger partial charge in [-0.1, -0.05) is 55.5 Å². The normalized spacial score (nSPS) is 14.4.